The first-order valence-corrected chi connectivity index (χ1v) is 6.26. The Bertz CT molecular complexity index is 697. The van der Waals surface area contributed by atoms with Gasteiger partial charge in [0.15, 0.2) is 5.16 Å². The van der Waals surface area contributed by atoms with Gasteiger partial charge in [0.2, 0.25) is 0 Å². The van der Waals surface area contributed by atoms with Crippen LogP contribution in [-0.2, 0) is 0 Å². The molecule has 0 atom stereocenters. The molecule has 0 aliphatic heterocycles. The summed E-state index contributed by atoms with van der Waals surface area (Å²) in [5.41, 5.74) is -0.735. The molecule has 102 valence electrons. The maximum Gasteiger partial charge on any atom is 0.290 e. The highest BCUT2D eigenvalue weighted by Crippen LogP contribution is 2.35. The molecule has 2 rings (SSSR count). The van der Waals surface area contributed by atoms with Gasteiger partial charge in [-0.05, 0) is 23.9 Å². The number of rotatable bonds is 4. The van der Waals surface area contributed by atoms with Crippen LogP contribution in [0, 0.1) is 20.2 Å². The van der Waals surface area contributed by atoms with E-state index < -0.39 is 9.85 Å². The number of halogens is 1. The second-order valence-electron chi connectivity index (χ2n) is 3.43. The molecule has 0 saturated carbocycles. The molecule has 8 nitrogen and oxygen atoms in total. The molecule has 0 radical (unpaired) electrons. The average molecular weight is 313 g/mol. The molecule has 0 aliphatic rings. The highest BCUT2D eigenvalue weighted by atomic mass is 35.5. The number of non-ortho nitro benzene ring substituents is 1. The highest BCUT2D eigenvalue weighted by molar-refractivity contribution is 7.99. The highest BCUT2D eigenvalue weighted by Gasteiger charge is 2.20. The summed E-state index contributed by atoms with van der Waals surface area (Å²) in [6.45, 7) is 0. The Hall–Kier alpha value is -2.26. The summed E-state index contributed by atoms with van der Waals surface area (Å²) >= 11 is 6.60. The Balaban J connectivity index is 2.41. The van der Waals surface area contributed by atoms with Gasteiger partial charge in [-0.15, -0.1) is 0 Å². The van der Waals surface area contributed by atoms with Crippen molar-refractivity contribution in [2.24, 2.45) is 0 Å². The summed E-state index contributed by atoms with van der Waals surface area (Å²) < 4.78 is 0. The predicted molar refractivity (Wildman–Crippen MR) is 70.9 cm³/mol. The van der Waals surface area contributed by atoms with Crippen LogP contribution >= 0.6 is 23.4 Å². The van der Waals surface area contributed by atoms with Crippen LogP contribution in [0.3, 0.4) is 0 Å². The van der Waals surface area contributed by atoms with Crippen LogP contribution in [0.4, 0.5) is 11.4 Å². The van der Waals surface area contributed by atoms with Crippen molar-refractivity contribution in [2.45, 2.75) is 10.1 Å². The van der Waals surface area contributed by atoms with Crippen molar-refractivity contribution < 1.29 is 9.85 Å². The summed E-state index contributed by atoms with van der Waals surface area (Å²) in [5.74, 6) is 0. The molecular formula is C10H5ClN4O4S. The van der Waals surface area contributed by atoms with Gasteiger partial charge in [0, 0.05) is 12.3 Å². The number of nitrogens with zero attached hydrogens (tertiary/aromatic N) is 4. The lowest BCUT2D eigenvalue weighted by Crippen LogP contribution is -1.95. The van der Waals surface area contributed by atoms with E-state index >= 15 is 0 Å². The number of nitro benzene ring substituents is 2. The van der Waals surface area contributed by atoms with Gasteiger partial charge in [0.05, 0.1) is 20.8 Å². The topological polar surface area (TPSA) is 112 Å². The summed E-state index contributed by atoms with van der Waals surface area (Å²) in [7, 11) is 0. The van der Waals surface area contributed by atoms with E-state index in [9.17, 15) is 20.2 Å². The summed E-state index contributed by atoms with van der Waals surface area (Å²) in [5, 5.41) is 22.0. The van der Waals surface area contributed by atoms with Crippen LogP contribution in [0.2, 0.25) is 5.15 Å². The Morgan fingerprint density at radius 1 is 1.15 bits per heavy atom. The van der Waals surface area contributed by atoms with E-state index in [1.807, 2.05) is 0 Å². The fraction of sp³-hybridized carbons (Fsp3) is 0. The molecule has 10 heteroatoms. The van der Waals surface area contributed by atoms with E-state index in [1.54, 1.807) is 0 Å². The minimum Gasteiger partial charge on any atom is -0.258 e. The van der Waals surface area contributed by atoms with E-state index in [0.29, 0.717) is 0 Å². The molecule has 0 aliphatic carbocycles. The third-order valence-electron chi connectivity index (χ3n) is 2.15. The summed E-state index contributed by atoms with van der Waals surface area (Å²) in [4.78, 5) is 28.2. The summed E-state index contributed by atoms with van der Waals surface area (Å²) in [6.07, 6.45) is 1.41. The predicted octanol–water partition coefficient (Wildman–Crippen LogP) is 3.10. The third kappa shape index (κ3) is 3.19. The van der Waals surface area contributed by atoms with Crippen LogP contribution in [0.1, 0.15) is 0 Å². The van der Waals surface area contributed by atoms with Crippen LogP contribution < -0.4 is 0 Å². The fourth-order valence-electron chi connectivity index (χ4n) is 1.32. The molecule has 0 saturated heterocycles. The second kappa shape index (κ2) is 5.80. The number of benzene rings is 1. The van der Waals surface area contributed by atoms with Crippen molar-refractivity contribution in [3.8, 4) is 0 Å². The van der Waals surface area contributed by atoms with Crippen LogP contribution in [0.25, 0.3) is 0 Å². The van der Waals surface area contributed by atoms with Crippen molar-refractivity contribution in [2.75, 3.05) is 0 Å². The largest absolute Gasteiger partial charge is 0.290 e. The molecule has 0 spiro atoms. The first-order valence-electron chi connectivity index (χ1n) is 5.06. The first-order chi connectivity index (χ1) is 9.47. The maximum atomic E-state index is 11.0. The van der Waals surface area contributed by atoms with Crippen LogP contribution in [0.15, 0.2) is 40.5 Å². The fourth-order valence-corrected chi connectivity index (χ4v) is 2.33. The monoisotopic (exact) mass is 312 g/mol. The lowest BCUT2D eigenvalue weighted by atomic mass is 10.3. The van der Waals surface area contributed by atoms with E-state index in [2.05, 4.69) is 9.97 Å². The smallest absolute Gasteiger partial charge is 0.258 e. The molecule has 0 fully saturated rings. The number of aromatic nitrogens is 2. The third-order valence-corrected chi connectivity index (χ3v) is 3.31. The molecule has 20 heavy (non-hydrogen) atoms. The van der Waals surface area contributed by atoms with Crippen molar-refractivity contribution in [3.05, 3.63) is 55.8 Å². The minimum absolute atomic E-state index is 0.197. The molecule has 0 bridgehead atoms. The molecule has 0 N–H and O–H groups in total. The molecule has 1 aromatic heterocycles. The standard InChI is InChI=1S/C10H5ClN4O4S/c11-9-3-4-12-10(13-9)20-8-2-1-6(14(16)17)5-7(8)15(18)19/h1-5H. The van der Waals surface area contributed by atoms with Gasteiger partial charge >= 0.3 is 0 Å². The Labute approximate surface area is 121 Å². The molecule has 0 unspecified atom stereocenters. The lowest BCUT2D eigenvalue weighted by molar-refractivity contribution is -0.396. The Morgan fingerprint density at radius 2 is 1.90 bits per heavy atom. The Morgan fingerprint density at radius 3 is 2.50 bits per heavy atom. The van der Waals surface area contributed by atoms with Gasteiger partial charge < -0.3 is 0 Å². The summed E-state index contributed by atoms with van der Waals surface area (Å²) in [6, 6.07) is 4.83. The first kappa shape index (κ1) is 14.2. The zero-order chi connectivity index (χ0) is 14.7. The van der Waals surface area contributed by atoms with Crippen LogP contribution in [0.5, 0.6) is 0 Å². The molecule has 1 aromatic carbocycles. The number of hydrogen-bond donors (Lipinski definition) is 0. The van der Waals surface area contributed by atoms with Crippen molar-refractivity contribution in [1.82, 2.24) is 9.97 Å². The maximum absolute atomic E-state index is 11.0. The lowest BCUT2D eigenvalue weighted by Gasteiger charge is -2.02. The van der Waals surface area contributed by atoms with Gasteiger partial charge in [-0.2, -0.15) is 0 Å². The Kier molecular flexibility index (Phi) is 4.11. The molecule has 2 aromatic rings. The number of nitro groups is 2. The van der Waals surface area contributed by atoms with E-state index in [0.717, 1.165) is 17.8 Å². The molecule has 0 amide bonds. The van der Waals surface area contributed by atoms with Crippen LogP contribution in [-0.4, -0.2) is 19.8 Å². The molecular weight excluding hydrogens is 308 g/mol. The van der Waals surface area contributed by atoms with Gasteiger partial charge in [-0.25, -0.2) is 9.97 Å². The molecule has 1 heterocycles. The van der Waals surface area contributed by atoms with Gasteiger partial charge in [0.25, 0.3) is 11.4 Å². The average Bonchev–Trinajstić information content (AvgIpc) is 2.38. The van der Waals surface area contributed by atoms with Gasteiger partial charge in [-0.1, -0.05) is 11.6 Å². The van der Waals surface area contributed by atoms with E-state index in [4.69, 9.17) is 11.6 Å². The normalized spacial score (nSPS) is 10.2. The number of hydrogen-bond acceptors (Lipinski definition) is 7. The van der Waals surface area contributed by atoms with Gasteiger partial charge in [-0.3, -0.25) is 20.2 Å². The second-order valence-corrected chi connectivity index (χ2v) is 4.83. The minimum atomic E-state index is -0.697. The zero-order valence-electron chi connectivity index (χ0n) is 9.59. The zero-order valence-corrected chi connectivity index (χ0v) is 11.2. The van der Waals surface area contributed by atoms with E-state index in [-0.39, 0.29) is 26.6 Å². The SMILES string of the molecule is O=[N+]([O-])c1ccc(Sc2nccc(Cl)n2)c([N+](=O)[O-])c1. The van der Waals surface area contributed by atoms with E-state index in [1.165, 1.54) is 24.4 Å². The van der Waals surface area contributed by atoms with Crippen molar-refractivity contribution in [1.29, 1.82) is 0 Å². The van der Waals surface area contributed by atoms with Crippen molar-refractivity contribution in [3.63, 3.8) is 0 Å². The van der Waals surface area contributed by atoms with Gasteiger partial charge in [0.1, 0.15) is 5.15 Å². The van der Waals surface area contributed by atoms with Crippen molar-refractivity contribution >= 4 is 34.7 Å². The quantitative estimate of drug-likeness (QED) is 0.369.